The zero-order chi connectivity index (χ0) is 19.9. The van der Waals surface area contributed by atoms with Crippen LogP contribution < -0.4 is 4.74 Å². The van der Waals surface area contributed by atoms with Crippen molar-refractivity contribution in [1.82, 2.24) is 9.88 Å². The SMILES string of the molecule is CCOCOc1ccc(CC(C)N2CCOC(c3csc(C(C)C)n3)C2)cc1. The van der Waals surface area contributed by atoms with Gasteiger partial charge >= 0.3 is 0 Å². The maximum Gasteiger partial charge on any atom is 0.189 e. The molecule has 0 bridgehead atoms. The van der Waals surface area contributed by atoms with Crippen molar-refractivity contribution in [3.63, 3.8) is 0 Å². The van der Waals surface area contributed by atoms with Gasteiger partial charge in [0.05, 0.1) is 17.3 Å². The van der Waals surface area contributed by atoms with E-state index < -0.39 is 0 Å². The molecule has 6 heteroatoms. The fourth-order valence-corrected chi connectivity index (χ4v) is 4.22. The van der Waals surface area contributed by atoms with Gasteiger partial charge in [-0.1, -0.05) is 26.0 Å². The average Bonchev–Trinajstić information content (AvgIpc) is 3.20. The summed E-state index contributed by atoms with van der Waals surface area (Å²) in [6.45, 7) is 12.2. The molecule has 1 aromatic heterocycles. The van der Waals surface area contributed by atoms with E-state index in [1.54, 1.807) is 11.3 Å². The lowest BCUT2D eigenvalue weighted by Crippen LogP contribution is -2.44. The Kier molecular flexibility index (Phi) is 7.85. The smallest absolute Gasteiger partial charge is 0.189 e. The van der Waals surface area contributed by atoms with Gasteiger partial charge in [-0.05, 0) is 38.0 Å². The van der Waals surface area contributed by atoms with Gasteiger partial charge in [-0.25, -0.2) is 4.98 Å². The van der Waals surface area contributed by atoms with E-state index in [-0.39, 0.29) is 6.10 Å². The van der Waals surface area contributed by atoms with E-state index in [0.717, 1.165) is 37.6 Å². The Balaban J connectivity index is 1.54. The van der Waals surface area contributed by atoms with Crippen LogP contribution in [-0.2, 0) is 15.9 Å². The molecule has 2 atom stereocenters. The van der Waals surface area contributed by atoms with Crippen molar-refractivity contribution in [2.45, 2.75) is 52.2 Å². The third kappa shape index (κ3) is 5.77. The van der Waals surface area contributed by atoms with Gasteiger partial charge in [0.2, 0.25) is 0 Å². The molecule has 2 unspecified atom stereocenters. The van der Waals surface area contributed by atoms with E-state index in [1.165, 1.54) is 10.6 Å². The Morgan fingerprint density at radius 1 is 1.25 bits per heavy atom. The minimum absolute atomic E-state index is 0.0780. The monoisotopic (exact) mass is 404 g/mol. The Labute approximate surface area is 172 Å². The second-order valence-corrected chi connectivity index (χ2v) is 8.46. The van der Waals surface area contributed by atoms with Crippen molar-refractivity contribution in [1.29, 1.82) is 0 Å². The number of benzene rings is 1. The summed E-state index contributed by atoms with van der Waals surface area (Å²) in [5, 5.41) is 3.35. The van der Waals surface area contributed by atoms with E-state index in [2.05, 4.69) is 43.2 Å². The average molecular weight is 405 g/mol. The van der Waals surface area contributed by atoms with Gasteiger partial charge in [-0.3, -0.25) is 4.90 Å². The molecule has 1 saturated heterocycles. The second-order valence-electron chi connectivity index (χ2n) is 7.57. The van der Waals surface area contributed by atoms with E-state index >= 15 is 0 Å². The lowest BCUT2D eigenvalue weighted by Gasteiger charge is -2.36. The van der Waals surface area contributed by atoms with Gasteiger partial charge < -0.3 is 14.2 Å². The Morgan fingerprint density at radius 2 is 2.04 bits per heavy atom. The highest BCUT2D eigenvalue weighted by Gasteiger charge is 2.27. The standard InChI is InChI=1S/C22H32N2O3S/c1-5-25-15-27-19-8-6-18(7-9-19)12-17(4)24-10-11-26-21(13-24)20-14-28-22(23-20)16(2)3/h6-9,14,16-17,21H,5,10-13,15H2,1-4H3. The van der Waals surface area contributed by atoms with Gasteiger partial charge in [0.1, 0.15) is 11.9 Å². The molecular weight excluding hydrogens is 372 g/mol. The molecule has 1 aromatic carbocycles. The second kappa shape index (κ2) is 10.3. The summed E-state index contributed by atoms with van der Waals surface area (Å²) in [5.41, 5.74) is 2.40. The fourth-order valence-electron chi connectivity index (χ4n) is 3.35. The molecule has 0 radical (unpaired) electrons. The van der Waals surface area contributed by atoms with E-state index in [1.807, 2.05) is 19.1 Å². The Morgan fingerprint density at radius 3 is 2.71 bits per heavy atom. The molecule has 0 N–H and O–H groups in total. The summed E-state index contributed by atoms with van der Waals surface area (Å²) in [5.74, 6) is 1.32. The van der Waals surface area contributed by atoms with Crippen LogP contribution in [0, 0.1) is 0 Å². The minimum Gasteiger partial charge on any atom is -0.468 e. The first-order chi connectivity index (χ1) is 13.6. The third-order valence-corrected chi connectivity index (χ3v) is 6.22. The van der Waals surface area contributed by atoms with Crippen LogP contribution in [0.5, 0.6) is 5.75 Å². The van der Waals surface area contributed by atoms with Crippen LogP contribution in [-0.4, -0.2) is 49.0 Å². The summed E-state index contributed by atoms with van der Waals surface area (Å²) in [4.78, 5) is 7.31. The van der Waals surface area contributed by atoms with Crippen LogP contribution in [0.1, 0.15) is 56.0 Å². The molecular formula is C22H32N2O3S. The molecule has 28 heavy (non-hydrogen) atoms. The lowest BCUT2D eigenvalue weighted by atomic mass is 10.0. The summed E-state index contributed by atoms with van der Waals surface area (Å²) >= 11 is 1.74. The number of rotatable bonds is 9. The van der Waals surface area contributed by atoms with Crippen molar-refractivity contribution in [2.24, 2.45) is 0 Å². The molecule has 2 heterocycles. The summed E-state index contributed by atoms with van der Waals surface area (Å²) < 4.78 is 16.8. The summed E-state index contributed by atoms with van der Waals surface area (Å²) in [6, 6.07) is 8.78. The molecule has 1 aliphatic heterocycles. The van der Waals surface area contributed by atoms with E-state index in [4.69, 9.17) is 19.2 Å². The van der Waals surface area contributed by atoms with Gasteiger partial charge in [0.15, 0.2) is 6.79 Å². The number of nitrogens with zero attached hydrogens (tertiary/aromatic N) is 2. The van der Waals surface area contributed by atoms with Crippen LogP contribution in [0.15, 0.2) is 29.6 Å². The maximum atomic E-state index is 6.02. The minimum atomic E-state index is 0.0780. The van der Waals surface area contributed by atoms with Crippen molar-refractivity contribution in [2.75, 3.05) is 33.1 Å². The zero-order valence-electron chi connectivity index (χ0n) is 17.4. The van der Waals surface area contributed by atoms with E-state index in [9.17, 15) is 0 Å². The topological polar surface area (TPSA) is 43.8 Å². The van der Waals surface area contributed by atoms with Crippen LogP contribution in [0.25, 0.3) is 0 Å². The van der Waals surface area contributed by atoms with Crippen molar-refractivity contribution in [3.8, 4) is 5.75 Å². The van der Waals surface area contributed by atoms with Crippen LogP contribution >= 0.6 is 11.3 Å². The van der Waals surface area contributed by atoms with Crippen LogP contribution in [0.4, 0.5) is 0 Å². The first kappa shape index (κ1) is 21.2. The van der Waals surface area contributed by atoms with Gasteiger partial charge in [0, 0.05) is 37.0 Å². The number of aromatic nitrogens is 1. The number of hydrogen-bond acceptors (Lipinski definition) is 6. The fraction of sp³-hybridized carbons (Fsp3) is 0.591. The summed E-state index contributed by atoms with van der Waals surface area (Å²) in [6.07, 6.45) is 1.08. The Hall–Kier alpha value is -1.47. The normalized spacial score (nSPS) is 19.1. The number of morpholine rings is 1. The maximum absolute atomic E-state index is 6.02. The van der Waals surface area contributed by atoms with E-state index in [0.29, 0.717) is 25.4 Å². The first-order valence-corrected chi connectivity index (χ1v) is 11.0. The Bertz CT molecular complexity index is 717. The molecule has 1 aliphatic rings. The molecule has 0 amide bonds. The van der Waals surface area contributed by atoms with Gasteiger partial charge in [0.25, 0.3) is 0 Å². The predicted molar refractivity (Wildman–Crippen MR) is 113 cm³/mol. The molecule has 154 valence electrons. The molecule has 5 nitrogen and oxygen atoms in total. The number of hydrogen-bond donors (Lipinski definition) is 0. The van der Waals surface area contributed by atoms with Crippen LogP contribution in [0.2, 0.25) is 0 Å². The summed E-state index contributed by atoms with van der Waals surface area (Å²) in [7, 11) is 0. The van der Waals surface area contributed by atoms with Crippen molar-refractivity contribution >= 4 is 11.3 Å². The largest absolute Gasteiger partial charge is 0.468 e. The molecule has 0 saturated carbocycles. The van der Waals surface area contributed by atoms with Gasteiger partial charge in [-0.2, -0.15) is 0 Å². The lowest BCUT2D eigenvalue weighted by molar-refractivity contribution is -0.0442. The molecule has 2 aromatic rings. The molecule has 0 spiro atoms. The number of thiazole rings is 1. The van der Waals surface area contributed by atoms with Gasteiger partial charge in [-0.15, -0.1) is 11.3 Å². The van der Waals surface area contributed by atoms with Crippen molar-refractivity contribution < 1.29 is 14.2 Å². The number of ether oxygens (including phenoxy) is 3. The van der Waals surface area contributed by atoms with Crippen molar-refractivity contribution in [3.05, 3.63) is 45.9 Å². The quantitative estimate of drug-likeness (QED) is 0.450. The molecule has 3 rings (SSSR count). The third-order valence-electron chi connectivity index (χ3n) is 5.05. The van der Waals surface area contributed by atoms with Crippen LogP contribution in [0.3, 0.4) is 0 Å². The first-order valence-electron chi connectivity index (χ1n) is 10.2. The highest BCUT2D eigenvalue weighted by molar-refractivity contribution is 7.09. The highest BCUT2D eigenvalue weighted by atomic mass is 32.1. The predicted octanol–water partition coefficient (Wildman–Crippen LogP) is 4.64. The zero-order valence-corrected chi connectivity index (χ0v) is 18.2. The highest BCUT2D eigenvalue weighted by Crippen LogP contribution is 2.28. The molecule has 1 fully saturated rings. The molecule has 0 aliphatic carbocycles.